The molecule has 2 aliphatic heterocycles. The van der Waals surface area contributed by atoms with Gasteiger partial charge in [-0.15, -0.1) is 0 Å². The van der Waals surface area contributed by atoms with Gasteiger partial charge in [-0.05, 0) is 37.3 Å². The molecule has 1 aromatic carbocycles. The van der Waals surface area contributed by atoms with E-state index in [-0.39, 0.29) is 31.4 Å². The Hall–Kier alpha value is -3.20. The van der Waals surface area contributed by atoms with Gasteiger partial charge in [0, 0.05) is 31.1 Å². The van der Waals surface area contributed by atoms with E-state index in [2.05, 4.69) is 4.98 Å². The summed E-state index contributed by atoms with van der Waals surface area (Å²) < 4.78 is 47.2. The number of anilines is 1. The number of fused-ring (bicyclic) bond motifs is 1. The third-order valence-electron chi connectivity index (χ3n) is 6.07. The molecule has 2 aromatic heterocycles. The number of rotatable bonds is 6. The SMILES string of the molecule is CCOC(=O)c1cnc2ccc(N3C[C@@H](F)C[C@@H]3c3cc(F)ccc3O[C@@H]3CCOC3)cn12. The Labute approximate surface area is 189 Å². The van der Waals surface area contributed by atoms with Gasteiger partial charge in [-0.3, -0.25) is 4.40 Å². The number of benzene rings is 1. The zero-order chi connectivity index (χ0) is 22.9. The Morgan fingerprint density at radius 3 is 2.97 bits per heavy atom. The number of carbonyl (C=O) groups excluding carboxylic acids is 1. The van der Waals surface area contributed by atoms with Crippen molar-refractivity contribution in [1.29, 1.82) is 0 Å². The molecule has 0 spiro atoms. The first kappa shape index (κ1) is 21.6. The third kappa shape index (κ3) is 4.25. The maximum Gasteiger partial charge on any atom is 0.356 e. The second-order valence-electron chi connectivity index (χ2n) is 8.27. The molecule has 3 atom stereocenters. The quantitative estimate of drug-likeness (QED) is 0.519. The van der Waals surface area contributed by atoms with Crippen molar-refractivity contribution in [3.8, 4) is 5.75 Å². The standard InChI is InChI=1S/C24H25F2N3O4/c1-2-32-24(30)21-11-27-23-6-4-17(13-29(21)23)28-12-16(26)10-20(28)19-9-15(25)3-5-22(19)33-18-7-8-31-14-18/h3-6,9,11,13,16,18,20H,2,7-8,10,12,14H2,1H3/t16-,18+,20+/m0/s1. The van der Waals surface area contributed by atoms with Gasteiger partial charge in [0.2, 0.25) is 0 Å². The molecule has 0 N–H and O–H groups in total. The molecule has 7 nitrogen and oxygen atoms in total. The summed E-state index contributed by atoms with van der Waals surface area (Å²) in [5.74, 6) is -0.355. The number of pyridine rings is 1. The van der Waals surface area contributed by atoms with Gasteiger partial charge in [-0.2, -0.15) is 0 Å². The minimum absolute atomic E-state index is 0.111. The molecule has 0 radical (unpaired) electrons. The van der Waals surface area contributed by atoms with Crippen molar-refractivity contribution in [2.24, 2.45) is 0 Å². The van der Waals surface area contributed by atoms with E-state index in [1.54, 1.807) is 29.7 Å². The molecular weight excluding hydrogens is 432 g/mol. The third-order valence-corrected chi connectivity index (χ3v) is 6.07. The Morgan fingerprint density at radius 1 is 1.30 bits per heavy atom. The molecule has 5 rings (SSSR count). The summed E-state index contributed by atoms with van der Waals surface area (Å²) in [6.07, 6.45) is 2.95. The van der Waals surface area contributed by atoms with Crippen LogP contribution in [0.4, 0.5) is 14.5 Å². The first-order chi connectivity index (χ1) is 16.0. The number of aromatic nitrogens is 2. The predicted molar refractivity (Wildman–Crippen MR) is 117 cm³/mol. The van der Waals surface area contributed by atoms with Gasteiger partial charge in [0.25, 0.3) is 0 Å². The van der Waals surface area contributed by atoms with Crippen LogP contribution in [0.1, 0.15) is 41.9 Å². The Morgan fingerprint density at radius 2 is 2.18 bits per heavy atom. The second kappa shape index (κ2) is 8.97. The summed E-state index contributed by atoms with van der Waals surface area (Å²) in [6, 6.07) is 7.53. The number of halogens is 2. The molecule has 0 amide bonds. The molecule has 2 aliphatic rings. The van der Waals surface area contributed by atoms with E-state index in [0.29, 0.717) is 35.9 Å². The van der Waals surface area contributed by atoms with E-state index in [4.69, 9.17) is 14.2 Å². The molecule has 174 valence electrons. The number of alkyl halides is 1. The summed E-state index contributed by atoms with van der Waals surface area (Å²) >= 11 is 0. The molecule has 33 heavy (non-hydrogen) atoms. The van der Waals surface area contributed by atoms with Crippen molar-refractivity contribution in [3.05, 3.63) is 59.8 Å². The van der Waals surface area contributed by atoms with Crippen molar-refractivity contribution < 1.29 is 27.8 Å². The Kier molecular flexibility index (Phi) is 5.88. The van der Waals surface area contributed by atoms with Crippen molar-refractivity contribution in [1.82, 2.24) is 9.38 Å². The fourth-order valence-electron chi connectivity index (χ4n) is 4.53. The largest absolute Gasteiger partial charge is 0.488 e. The Balaban J connectivity index is 1.51. The van der Waals surface area contributed by atoms with Crippen molar-refractivity contribution in [3.63, 3.8) is 0 Å². The highest BCUT2D eigenvalue weighted by atomic mass is 19.1. The lowest BCUT2D eigenvalue weighted by Gasteiger charge is -2.29. The maximum absolute atomic E-state index is 14.7. The molecule has 2 fully saturated rings. The molecular formula is C24H25F2N3O4. The molecule has 0 unspecified atom stereocenters. The smallest absolute Gasteiger partial charge is 0.356 e. The first-order valence-corrected chi connectivity index (χ1v) is 11.1. The molecule has 0 bridgehead atoms. The van der Waals surface area contributed by atoms with Gasteiger partial charge < -0.3 is 19.1 Å². The van der Waals surface area contributed by atoms with Gasteiger partial charge in [-0.25, -0.2) is 18.6 Å². The Bertz CT molecular complexity index is 1160. The van der Waals surface area contributed by atoms with E-state index in [1.165, 1.54) is 18.3 Å². The summed E-state index contributed by atoms with van der Waals surface area (Å²) in [7, 11) is 0. The van der Waals surface area contributed by atoms with Gasteiger partial charge in [-0.1, -0.05) is 0 Å². The number of hydrogen-bond donors (Lipinski definition) is 0. The van der Waals surface area contributed by atoms with Gasteiger partial charge in [0.1, 0.15) is 29.5 Å². The number of hydrogen-bond acceptors (Lipinski definition) is 6. The van der Waals surface area contributed by atoms with Crippen molar-refractivity contribution >= 4 is 17.3 Å². The summed E-state index contributed by atoms with van der Waals surface area (Å²) in [5.41, 5.74) is 2.15. The van der Waals surface area contributed by atoms with Crippen LogP contribution in [0.5, 0.6) is 5.75 Å². The summed E-state index contributed by atoms with van der Waals surface area (Å²) in [6.45, 7) is 3.22. The molecule has 0 aliphatic carbocycles. The van der Waals surface area contributed by atoms with Crippen LogP contribution < -0.4 is 9.64 Å². The van der Waals surface area contributed by atoms with Crippen molar-refractivity contribution in [2.75, 3.05) is 31.3 Å². The lowest BCUT2D eigenvalue weighted by atomic mass is 10.0. The molecule has 0 saturated carbocycles. The second-order valence-corrected chi connectivity index (χ2v) is 8.27. The highest BCUT2D eigenvalue weighted by Gasteiger charge is 2.36. The van der Waals surface area contributed by atoms with Gasteiger partial charge >= 0.3 is 5.97 Å². The minimum Gasteiger partial charge on any atom is -0.488 e. The minimum atomic E-state index is -1.09. The summed E-state index contributed by atoms with van der Waals surface area (Å²) in [5, 5.41) is 0. The van der Waals surface area contributed by atoms with Crippen LogP contribution in [-0.2, 0) is 9.47 Å². The number of esters is 1. The summed E-state index contributed by atoms with van der Waals surface area (Å²) in [4.78, 5) is 18.4. The maximum atomic E-state index is 14.7. The number of carbonyl (C=O) groups is 1. The fraction of sp³-hybridized carbons (Fsp3) is 0.417. The highest BCUT2D eigenvalue weighted by molar-refractivity contribution is 5.88. The monoisotopic (exact) mass is 457 g/mol. The zero-order valence-electron chi connectivity index (χ0n) is 18.2. The van der Waals surface area contributed by atoms with Crippen LogP contribution in [0.3, 0.4) is 0 Å². The zero-order valence-corrected chi connectivity index (χ0v) is 18.2. The van der Waals surface area contributed by atoms with Crippen LogP contribution in [0.15, 0.2) is 42.7 Å². The van der Waals surface area contributed by atoms with E-state index in [0.717, 1.165) is 6.42 Å². The molecule has 9 heteroatoms. The average molecular weight is 457 g/mol. The van der Waals surface area contributed by atoms with E-state index >= 15 is 0 Å². The fourth-order valence-corrected chi connectivity index (χ4v) is 4.53. The van der Waals surface area contributed by atoms with Crippen LogP contribution in [0, 0.1) is 5.82 Å². The van der Waals surface area contributed by atoms with E-state index < -0.39 is 24.0 Å². The first-order valence-electron chi connectivity index (χ1n) is 11.1. The van der Waals surface area contributed by atoms with Crippen LogP contribution in [0.25, 0.3) is 5.65 Å². The highest BCUT2D eigenvalue weighted by Crippen LogP contribution is 2.42. The molecule has 3 aromatic rings. The van der Waals surface area contributed by atoms with E-state index in [9.17, 15) is 13.6 Å². The molecule has 2 saturated heterocycles. The normalized spacial score (nSPS) is 22.8. The number of nitrogens with zero attached hydrogens (tertiary/aromatic N) is 3. The number of imidazole rings is 1. The molecule has 4 heterocycles. The van der Waals surface area contributed by atoms with Crippen LogP contribution in [-0.4, -0.2) is 54.0 Å². The lowest BCUT2D eigenvalue weighted by Crippen LogP contribution is -2.25. The van der Waals surface area contributed by atoms with Crippen molar-refractivity contribution in [2.45, 2.75) is 38.1 Å². The van der Waals surface area contributed by atoms with Crippen LogP contribution in [0.2, 0.25) is 0 Å². The lowest BCUT2D eigenvalue weighted by molar-refractivity contribution is 0.0518. The van der Waals surface area contributed by atoms with Crippen LogP contribution >= 0.6 is 0 Å². The van der Waals surface area contributed by atoms with Gasteiger partial charge in [0.15, 0.2) is 5.69 Å². The van der Waals surface area contributed by atoms with E-state index in [1.807, 2.05) is 11.0 Å². The predicted octanol–water partition coefficient (Wildman–Crippen LogP) is 4.11. The van der Waals surface area contributed by atoms with Gasteiger partial charge in [0.05, 0.1) is 37.7 Å². The number of ether oxygens (including phenoxy) is 3. The topological polar surface area (TPSA) is 65.3 Å². The average Bonchev–Trinajstić information content (AvgIpc) is 3.54.